The third-order valence-corrected chi connectivity index (χ3v) is 7.85. The molecule has 1 aromatic carbocycles. The van der Waals surface area contributed by atoms with Gasteiger partial charge in [-0.25, -0.2) is 21.2 Å². The lowest BCUT2D eigenvalue weighted by Gasteiger charge is -2.19. The number of halogens is 2. The minimum atomic E-state index is -3.85. The van der Waals surface area contributed by atoms with Crippen LogP contribution in [0.3, 0.4) is 0 Å². The van der Waals surface area contributed by atoms with Crippen LogP contribution in [0.1, 0.15) is 17.7 Å². The second-order valence-corrected chi connectivity index (χ2v) is 12.3. The fourth-order valence-corrected chi connectivity index (χ4v) is 6.21. The molecule has 1 aromatic heterocycles. The zero-order valence-corrected chi connectivity index (χ0v) is 19.6. The maximum atomic E-state index is 14.5. The van der Waals surface area contributed by atoms with E-state index in [0.29, 0.717) is 4.34 Å². The fraction of sp³-hybridized carbons (Fsp3) is 0.278. The summed E-state index contributed by atoms with van der Waals surface area (Å²) in [6, 6.07) is 6.93. The van der Waals surface area contributed by atoms with E-state index in [0.717, 1.165) is 22.1 Å². The quantitative estimate of drug-likeness (QED) is 0.570. The van der Waals surface area contributed by atoms with Gasteiger partial charge < -0.3 is 4.90 Å². The largest absolute Gasteiger partial charge is 0.300 e. The van der Waals surface area contributed by atoms with E-state index in [1.807, 2.05) is 0 Å². The Bertz CT molecular complexity index is 1260. The Morgan fingerprint density at radius 2 is 1.90 bits per heavy atom. The summed E-state index contributed by atoms with van der Waals surface area (Å²) in [7, 11) is -7.44. The lowest BCUT2D eigenvalue weighted by atomic mass is 10.2. The average molecular weight is 508 g/mol. The summed E-state index contributed by atoms with van der Waals surface area (Å²) in [6.45, 7) is 1.70. The summed E-state index contributed by atoms with van der Waals surface area (Å²) in [6.07, 6.45) is 2.29. The van der Waals surface area contributed by atoms with Gasteiger partial charge in [0.15, 0.2) is 0 Å². The fourth-order valence-electron chi connectivity index (χ4n) is 3.01. The number of benzene rings is 1. The van der Waals surface area contributed by atoms with Gasteiger partial charge in [-0.3, -0.25) is 14.2 Å². The smallest absolute Gasteiger partial charge is 0.275 e. The molecule has 1 aliphatic rings. The highest BCUT2D eigenvalue weighted by molar-refractivity contribution is 7.92. The summed E-state index contributed by atoms with van der Waals surface area (Å²) in [5.41, 5.74) is -0.266. The minimum absolute atomic E-state index is 0.00643. The zero-order chi connectivity index (χ0) is 23.0. The summed E-state index contributed by atoms with van der Waals surface area (Å²) in [4.78, 5) is 14.5. The van der Waals surface area contributed by atoms with Crippen molar-refractivity contribution in [1.82, 2.24) is 4.72 Å². The van der Waals surface area contributed by atoms with Crippen molar-refractivity contribution in [3.8, 4) is 0 Å². The van der Waals surface area contributed by atoms with E-state index in [1.165, 1.54) is 29.5 Å². The molecule has 8 nitrogen and oxygen atoms in total. The number of carbonyl (C=O) groups excluding carboxylic acids is 1. The number of carbonyl (C=O) groups is 1. The van der Waals surface area contributed by atoms with Crippen LogP contribution in [0.2, 0.25) is 4.34 Å². The number of hydrogen-bond donors (Lipinski definition) is 2. The highest BCUT2D eigenvalue weighted by Crippen LogP contribution is 2.30. The van der Waals surface area contributed by atoms with Crippen LogP contribution in [0, 0.1) is 5.82 Å². The maximum absolute atomic E-state index is 14.5. The average Bonchev–Trinajstić information content (AvgIpc) is 3.20. The second kappa shape index (κ2) is 8.77. The maximum Gasteiger partial charge on any atom is 0.275 e. The van der Waals surface area contributed by atoms with E-state index in [4.69, 9.17) is 11.6 Å². The number of amides is 1. The van der Waals surface area contributed by atoms with Crippen molar-refractivity contribution in [1.29, 1.82) is 0 Å². The first kappa shape index (κ1) is 23.5. The molecule has 0 aliphatic carbocycles. The van der Waals surface area contributed by atoms with Gasteiger partial charge in [-0.1, -0.05) is 18.5 Å². The Morgan fingerprint density at radius 1 is 1.19 bits per heavy atom. The Labute approximate surface area is 188 Å². The van der Waals surface area contributed by atoms with Crippen LogP contribution in [0.15, 0.2) is 42.1 Å². The molecule has 2 N–H and O–H groups in total. The predicted octanol–water partition coefficient (Wildman–Crippen LogP) is 2.87. The molecule has 1 atom stereocenters. The molecule has 0 saturated heterocycles. The third-order valence-electron chi connectivity index (χ3n) is 4.31. The van der Waals surface area contributed by atoms with Gasteiger partial charge in [-0.15, -0.1) is 11.3 Å². The first-order valence-corrected chi connectivity index (χ1v) is 13.6. The van der Waals surface area contributed by atoms with Crippen LogP contribution < -0.4 is 14.3 Å². The normalized spacial score (nSPS) is 15.7. The Hall–Kier alpha value is -2.15. The Balaban J connectivity index is 1.69. The van der Waals surface area contributed by atoms with E-state index in [1.54, 1.807) is 19.1 Å². The lowest BCUT2D eigenvalue weighted by Crippen LogP contribution is -2.35. The van der Waals surface area contributed by atoms with Crippen LogP contribution in [-0.4, -0.2) is 41.3 Å². The van der Waals surface area contributed by atoms with Crippen LogP contribution in [0.5, 0.6) is 0 Å². The number of hydrogen-bond acceptors (Lipinski definition) is 6. The molecule has 0 spiro atoms. The van der Waals surface area contributed by atoms with Gasteiger partial charge in [0.25, 0.3) is 5.91 Å². The zero-order valence-electron chi connectivity index (χ0n) is 16.4. The highest BCUT2D eigenvalue weighted by Gasteiger charge is 2.30. The van der Waals surface area contributed by atoms with Crippen molar-refractivity contribution in [2.75, 3.05) is 28.2 Å². The van der Waals surface area contributed by atoms with Crippen LogP contribution in [0.25, 0.3) is 0 Å². The summed E-state index contributed by atoms with van der Waals surface area (Å²) >= 11 is 7.17. The SMILES string of the molecule is CC(CS(=O)(=O)NC1=CCN(c2ccc(NS(C)(=O)=O)cc2F)C1=O)c1ccc(Cl)s1. The predicted molar refractivity (Wildman–Crippen MR) is 120 cm³/mol. The number of sulfonamides is 2. The van der Waals surface area contributed by atoms with Crippen molar-refractivity contribution < 1.29 is 26.0 Å². The molecule has 1 aliphatic heterocycles. The van der Waals surface area contributed by atoms with Crippen molar-refractivity contribution >= 4 is 60.3 Å². The molecule has 3 rings (SSSR count). The van der Waals surface area contributed by atoms with Crippen molar-refractivity contribution in [3.05, 3.63) is 57.1 Å². The molecule has 2 aromatic rings. The summed E-state index contributed by atoms with van der Waals surface area (Å²) in [5.74, 6) is -2.13. The molecule has 0 radical (unpaired) electrons. The molecule has 31 heavy (non-hydrogen) atoms. The molecular weight excluding hydrogens is 489 g/mol. The number of thiophene rings is 1. The first-order valence-electron chi connectivity index (χ1n) is 8.90. The molecular formula is C18H19ClFN3O5S3. The molecule has 1 amide bonds. The number of nitrogens with zero attached hydrogens (tertiary/aromatic N) is 1. The molecule has 1 unspecified atom stereocenters. The van der Waals surface area contributed by atoms with Gasteiger partial charge in [0.1, 0.15) is 11.5 Å². The molecule has 168 valence electrons. The Morgan fingerprint density at radius 3 is 2.48 bits per heavy atom. The topological polar surface area (TPSA) is 113 Å². The molecule has 2 heterocycles. The first-order chi connectivity index (χ1) is 14.3. The molecule has 0 saturated carbocycles. The van der Waals surface area contributed by atoms with Gasteiger partial charge in [0.2, 0.25) is 20.0 Å². The van der Waals surface area contributed by atoms with Gasteiger partial charge in [-0.05, 0) is 30.3 Å². The summed E-state index contributed by atoms with van der Waals surface area (Å²) < 4.78 is 67.0. The van der Waals surface area contributed by atoms with Gasteiger partial charge in [0, 0.05) is 23.4 Å². The number of rotatable bonds is 8. The monoisotopic (exact) mass is 507 g/mol. The van der Waals surface area contributed by atoms with E-state index >= 15 is 0 Å². The highest BCUT2D eigenvalue weighted by atomic mass is 35.5. The van der Waals surface area contributed by atoms with E-state index in [9.17, 15) is 26.0 Å². The molecule has 0 fully saturated rings. The molecule has 0 bridgehead atoms. The summed E-state index contributed by atoms with van der Waals surface area (Å²) in [5, 5.41) is 0. The van der Waals surface area contributed by atoms with E-state index in [2.05, 4.69) is 9.44 Å². The van der Waals surface area contributed by atoms with Crippen molar-refractivity contribution in [2.45, 2.75) is 12.8 Å². The van der Waals surface area contributed by atoms with E-state index in [-0.39, 0.29) is 35.3 Å². The van der Waals surface area contributed by atoms with Gasteiger partial charge in [0.05, 0.1) is 27.7 Å². The van der Waals surface area contributed by atoms with Gasteiger partial charge in [-0.2, -0.15) is 0 Å². The third kappa shape index (κ3) is 5.97. The number of anilines is 2. The van der Waals surface area contributed by atoms with Crippen LogP contribution in [0.4, 0.5) is 15.8 Å². The van der Waals surface area contributed by atoms with Crippen LogP contribution in [-0.2, 0) is 24.8 Å². The Kier molecular flexibility index (Phi) is 6.65. The second-order valence-electron chi connectivity index (χ2n) is 7.00. The van der Waals surface area contributed by atoms with Crippen LogP contribution >= 0.6 is 22.9 Å². The van der Waals surface area contributed by atoms with Crippen molar-refractivity contribution in [2.24, 2.45) is 0 Å². The minimum Gasteiger partial charge on any atom is -0.300 e. The molecule has 13 heteroatoms. The van der Waals surface area contributed by atoms with Crippen molar-refractivity contribution in [3.63, 3.8) is 0 Å². The lowest BCUT2D eigenvalue weighted by molar-refractivity contribution is -0.114. The standard InChI is InChI=1S/C18H19ClFN3O5S3/c1-11(16-5-6-17(19)29-16)10-31(27,28)22-14-7-8-23(18(14)24)15-4-3-12(9-13(15)20)21-30(2,25)26/h3-7,9,11,21-22H,8,10H2,1-2H3. The van der Waals surface area contributed by atoms with Gasteiger partial charge >= 0.3 is 0 Å². The van der Waals surface area contributed by atoms with E-state index < -0.39 is 31.8 Å². The number of nitrogens with one attached hydrogen (secondary N) is 2.